The Morgan fingerprint density at radius 2 is 2.29 bits per heavy atom. The fourth-order valence-electron chi connectivity index (χ4n) is 2.00. The van der Waals surface area contributed by atoms with Crippen LogP contribution in [-0.4, -0.2) is 46.3 Å². The molecule has 24 heavy (non-hydrogen) atoms. The molecule has 0 aliphatic rings. The number of amides is 1. The summed E-state index contributed by atoms with van der Waals surface area (Å²) in [7, 11) is 1.61. The van der Waals surface area contributed by atoms with Crippen LogP contribution in [0.25, 0.3) is 5.65 Å². The molecule has 0 saturated heterocycles. The highest BCUT2D eigenvalue weighted by Crippen LogP contribution is 2.13. The number of rotatable bonds is 6. The molecule has 0 atom stereocenters. The van der Waals surface area contributed by atoms with Crippen LogP contribution in [0.2, 0.25) is 0 Å². The maximum Gasteiger partial charge on any atom is 0.346 e. The molecule has 0 bridgehead atoms. The molecular weight excluding hydrogens is 380 g/mol. The molecule has 4 N–H and O–H groups in total. The summed E-state index contributed by atoms with van der Waals surface area (Å²) in [6.45, 7) is 1.81. The van der Waals surface area contributed by atoms with E-state index in [1.54, 1.807) is 36.8 Å². The van der Waals surface area contributed by atoms with Crippen molar-refractivity contribution in [3.05, 3.63) is 34.3 Å². The van der Waals surface area contributed by atoms with Crippen LogP contribution in [0, 0.1) is 5.41 Å². The number of hydrogen-bond donors (Lipinski definition) is 3. The summed E-state index contributed by atoms with van der Waals surface area (Å²) in [5.74, 6) is -1.24. The summed E-state index contributed by atoms with van der Waals surface area (Å²) in [6, 6.07) is 3.28. The second kappa shape index (κ2) is 7.79. The van der Waals surface area contributed by atoms with Gasteiger partial charge in [0.1, 0.15) is 5.57 Å². The summed E-state index contributed by atoms with van der Waals surface area (Å²) < 4.78 is 6.84. The lowest BCUT2D eigenvalue weighted by molar-refractivity contribution is -0.570. The van der Waals surface area contributed by atoms with Crippen LogP contribution in [0.1, 0.15) is 6.92 Å². The second-order valence-corrected chi connectivity index (χ2v) is 5.24. The molecule has 2 aromatic rings. The monoisotopic (exact) mass is 395 g/mol. The van der Waals surface area contributed by atoms with Gasteiger partial charge in [0.25, 0.3) is 0 Å². The van der Waals surface area contributed by atoms with Crippen molar-refractivity contribution in [3.8, 4) is 0 Å². The minimum absolute atomic E-state index is 0.0611. The number of aromatic nitrogens is 3. The maximum absolute atomic E-state index is 12.4. The number of carbonyl (C=O) groups excluding carboxylic acids is 2. The van der Waals surface area contributed by atoms with Gasteiger partial charge in [0.2, 0.25) is 10.4 Å². The number of likely N-dealkylation sites (N-methyl/N-ethyl adjacent to an activating group) is 1. The number of nitrogens with one attached hydrogen (secondary N) is 2. The molecule has 9 nitrogen and oxygen atoms in total. The van der Waals surface area contributed by atoms with Gasteiger partial charge >= 0.3 is 11.9 Å². The number of nitrogens with zero attached hydrogens (tertiary/aromatic N) is 3. The van der Waals surface area contributed by atoms with E-state index >= 15 is 0 Å². The molecule has 0 aliphatic heterocycles. The van der Waals surface area contributed by atoms with Crippen LogP contribution in [0.15, 0.2) is 34.3 Å². The van der Waals surface area contributed by atoms with Crippen molar-refractivity contribution < 1.29 is 19.6 Å². The van der Waals surface area contributed by atoms with Gasteiger partial charge in [-0.3, -0.25) is 4.79 Å². The number of ether oxygens (including phenoxy) is 1. The van der Waals surface area contributed by atoms with Crippen molar-refractivity contribution in [2.45, 2.75) is 6.92 Å². The lowest BCUT2D eigenvalue weighted by Gasteiger charge is -2.08. The normalized spacial score (nSPS) is 11.8. The highest BCUT2D eigenvalue weighted by atomic mass is 79.9. The van der Waals surface area contributed by atoms with E-state index in [1.807, 2.05) is 0 Å². The Balaban J connectivity index is 2.29. The Labute approximate surface area is 145 Å². The number of quaternary nitrogens is 1. The molecule has 2 heterocycles. The Kier molecular flexibility index (Phi) is 5.77. The molecule has 1 amide bonds. The van der Waals surface area contributed by atoms with Gasteiger partial charge < -0.3 is 20.8 Å². The number of esters is 1. The lowest BCUT2D eigenvalue weighted by atomic mass is 10.2. The minimum atomic E-state index is -0.715. The van der Waals surface area contributed by atoms with Gasteiger partial charge in [-0.25, -0.2) is 14.3 Å². The Morgan fingerprint density at radius 3 is 2.92 bits per heavy atom. The lowest BCUT2D eigenvalue weighted by Crippen LogP contribution is -2.80. The summed E-state index contributed by atoms with van der Waals surface area (Å²) >= 11 is 3.17. The molecular formula is C14H16BrN6O3+. The highest BCUT2D eigenvalue weighted by Gasteiger charge is 2.23. The predicted molar refractivity (Wildman–Crippen MR) is 89.6 cm³/mol. The van der Waals surface area contributed by atoms with Crippen LogP contribution >= 0.6 is 15.9 Å². The number of anilines is 1. The number of nitrogens with two attached hydrogens (primary N) is 1. The van der Waals surface area contributed by atoms with E-state index in [-0.39, 0.29) is 17.9 Å². The first-order valence-corrected chi connectivity index (χ1v) is 7.84. The third-order valence-corrected chi connectivity index (χ3v) is 3.37. The van der Waals surface area contributed by atoms with Crippen LogP contribution < -0.4 is 10.6 Å². The largest absolute Gasteiger partial charge is 0.462 e. The van der Waals surface area contributed by atoms with Gasteiger partial charge in [0, 0.05) is 24.2 Å². The third kappa shape index (κ3) is 3.84. The summed E-state index contributed by atoms with van der Waals surface area (Å²) in [4.78, 5) is 28.4. The van der Waals surface area contributed by atoms with Crippen molar-refractivity contribution in [1.29, 1.82) is 5.41 Å². The molecule has 0 unspecified atom stereocenters. The molecule has 0 aromatic carbocycles. The number of pyridine rings is 1. The van der Waals surface area contributed by atoms with E-state index in [4.69, 9.17) is 10.1 Å². The minimum Gasteiger partial charge on any atom is -0.462 e. The third-order valence-electron chi connectivity index (χ3n) is 3.03. The molecule has 2 aromatic heterocycles. The SMILES string of the molecule is CCOC(=O)/C(C=N)=C(/[NH2+]C)C(=O)Nc1ccn2nc(Br)nc2c1. The van der Waals surface area contributed by atoms with Gasteiger partial charge in [-0.1, -0.05) is 0 Å². The molecule has 0 spiro atoms. The van der Waals surface area contributed by atoms with Crippen molar-refractivity contribution in [2.24, 2.45) is 0 Å². The number of hydrogen-bond acceptors (Lipinski definition) is 6. The number of carbonyl (C=O) groups is 2. The Morgan fingerprint density at radius 1 is 1.54 bits per heavy atom. The average Bonchev–Trinajstić information content (AvgIpc) is 2.91. The Bertz CT molecular complexity index is 829. The van der Waals surface area contributed by atoms with Crippen LogP contribution in [0.5, 0.6) is 0 Å². The van der Waals surface area contributed by atoms with Crippen LogP contribution in [0.3, 0.4) is 0 Å². The summed E-state index contributed by atoms with van der Waals surface area (Å²) in [5, 5.41) is 15.6. The molecule has 126 valence electrons. The van der Waals surface area contributed by atoms with Crippen molar-refractivity contribution >= 4 is 45.4 Å². The van der Waals surface area contributed by atoms with Gasteiger partial charge in [-0.2, -0.15) is 0 Å². The van der Waals surface area contributed by atoms with E-state index in [1.165, 1.54) is 5.32 Å². The topological polar surface area (TPSA) is 126 Å². The number of fused-ring (bicyclic) bond motifs is 1. The average molecular weight is 396 g/mol. The summed E-state index contributed by atoms with van der Waals surface area (Å²) in [5.41, 5.74) is 0.984. The highest BCUT2D eigenvalue weighted by molar-refractivity contribution is 9.10. The zero-order chi connectivity index (χ0) is 17.7. The molecule has 0 radical (unpaired) electrons. The maximum atomic E-state index is 12.4. The molecule has 0 saturated carbocycles. The first kappa shape index (κ1) is 17.8. The van der Waals surface area contributed by atoms with Crippen molar-refractivity contribution in [1.82, 2.24) is 14.6 Å². The van der Waals surface area contributed by atoms with Gasteiger partial charge in [-0.15, -0.1) is 5.10 Å². The summed E-state index contributed by atoms with van der Waals surface area (Å²) in [6.07, 6.45) is 2.45. The molecule has 10 heteroatoms. The molecule has 2 rings (SSSR count). The van der Waals surface area contributed by atoms with E-state index in [2.05, 4.69) is 31.3 Å². The zero-order valence-electron chi connectivity index (χ0n) is 13.0. The van der Waals surface area contributed by atoms with Gasteiger partial charge in [-0.05, 0) is 28.9 Å². The zero-order valence-corrected chi connectivity index (χ0v) is 14.6. The van der Waals surface area contributed by atoms with Crippen molar-refractivity contribution in [2.75, 3.05) is 19.0 Å². The fraction of sp³-hybridized carbons (Fsp3) is 0.214. The first-order valence-electron chi connectivity index (χ1n) is 7.04. The first-order chi connectivity index (χ1) is 11.5. The molecule has 0 aliphatic carbocycles. The number of halogens is 1. The van der Waals surface area contributed by atoms with Crippen LogP contribution in [0.4, 0.5) is 5.69 Å². The van der Waals surface area contributed by atoms with E-state index < -0.39 is 11.9 Å². The fourth-order valence-corrected chi connectivity index (χ4v) is 2.35. The Hall–Kier alpha value is -2.59. The van der Waals surface area contributed by atoms with E-state index in [9.17, 15) is 9.59 Å². The smallest absolute Gasteiger partial charge is 0.346 e. The van der Waals surface area contributed by atoms with Gasteiger partial charge in [0.05, 0.1) is 13.7 Å². The van der Waals surface area contributed by atoms with Crippen LogP contribution in [-0.2, 0) is 14.3 Å². The quantitative estimate of drug-likeness (QED) is 0.363. The standard InChI is InChI=1S/C14H15BrN6O3/c1-3-24-13(23)9(7-16)11(17-2)12(22)18-8-4-5-21-10(6-8)19-14(15)20-21/h4-7,16-17H,3H2,1-2H3,(H,18,22)/p+1/b11-9+,16-7?. The predicted octanol–water partition coefficient (Wildman–Crippen LogP) is 0.0903. The van der Waals surface area contributed by atoms with Gasteiger partial charge in [0.15, 0.2) is 5.65 Å². The second-order valence-electron chi connectivity index (χ2n) is 4.53. The van der Waals surface area contributed by atoms with E-state index in [0.29, 0.717) is 16.1 Å². The molecule has 0 fully saturated rings. The van der Waals surface area contributed by atoms with E-state index in [0.717, 1.165) is 6.21 Å². The van der Waals surface area contributed by atoms with Crippen molar-refractivity contribution in [3.63, 3.8) is 0 Å².